The van der Waals surface area contributed by atoms with Crippen molar-refractivity contribution in [1.82, 2.24) is 18.8 Å². The molecule has 0 bridgehead atoms. The van der Waals surface area contributed by atoms with Gasteiger partial charge in [0, 0.05) is 44.5 Å². The Morgan fingerprint density at radius 2 is 2.10 bits per heavy atom. The van der Waals surface area contributed by atoms with Crippen molar-refractivity contribution in [2.75, 3.05) is 25.5 Å². The van der Waals surface area contributed by atoms with E-state index < -0.39 is 15.5 Å². The highest BCUT2D eigenvalue weighted by molar-refractivity contribution is 7.89. The molecule has 1 saturated heterocycles. The lowest BCUT2D eigenvalue weighted by Gasteiger charge is -2.25. The quantitative estimate of drug-likeness (QED) is 0.614. The molecule has 0 spiro atoms. The van der Waals surface area contributed by atoms with Crippen LogP contribution in [0.25, 0.3) is 16.2 Å². The normalized spacial score (nSPS) is 17.5. The third kappa shape index (κ3) is 3.34. The summed E-state index contributed by atoms with van der Waals surface area (Å²) in [6, 6.07) is 3.92. The summed E-state index contributed by atoms with van der Waals surface area (Å²) in [5.74, 6) is 0.801. The van der Waals surface area contributed by atoms with Gasteiger partial charge in [0.05, 0.1) is 5.39 Å². The first-order valence-corrected chi connectivity index (χ1v) is 11.8. The number of hydrogen-bond donors (Lipinski definition) is 0. The first kappa shape index (κ1) is 20.0. The summed E-state index contributed by atoms with van der Waals surface area (Å²) >= 11 is 1.36. The highest BCUT2D eigenvalue weighted by Gasteiger charge is 2.27. The van der Waals surface area contributed by atoms with Crippen LogP contribution in [0.15, 0.2) is 39.6 Å². The van der Waals surface area contributed by atoms with Gasteiger partial charge in [-0.2, -0.15) is 0 Å². The standard InChI is InChI=1S/C19H23N5O3S2/c1-4-13-6-5-10-23(13)16-8-7-14-17(25)15(29(26,27)22(2)3)12-24(18(14)21-16)19-20-9-11-28-19/h7-9,11-13H,4-6,10H2,1-3H3/t13-/m0/s1. The second-order valence-corrected chi connectivity index (χ2v) is 10.2. The Bertz CT molecular complexity index is 1200. The number of nitrogens with zero attached hydrogens (tertiary/aromatic N) is 5. The molecule has 0 unspecified atom stereocenters. The molecule has 0 saturated carbocycles. The fourth-order valence-electron chi connectivity index (χ4n) is 3.75. The van der Waals surface area contributed by atoms with Gasteiger partial charge in [-0.1, -0.05) is 6.92 Å². The van der Waals surface area contributed by atoms with E-state index in [2.05, 4.69) is 16.8 Å². The van der Waals surface area contributed by atoms with Crippen LogP contribution in [0, 0.1) is 0 Å². The Kier molecular flexibility index (Phi) is 5.18. The molecule has 4 heterocycles. The zero-order chi connectivity index (χ0) is 20.8. The van der Waals surface area contributed by atoms with Gasteiger partial charge in [0.25, 0.3) is 0 Å². The van der Waals surface area contributed by atoms with Gasteiger partial charge in [-0.25, -0.2) is 22.7 Å². The fourth-order valence-corrected chi connectivity index (χ4v) is 5.35. The maximum atomic E-state index is 13.1. The van der Waals surface area contributed by atoms with E-state index in [4.69, 9.17) is 4.98 Å². The minimum atomic E-state index is -3.91. The van der Waals surface area contributed by atoms with Crippen LogP contribution in [0.1, 0.15) is 26.2 Å². The Balaban J connectivity index is 2.00. The SMILES string of the molecule is CC[C@H]1CCCN1c1ccc2c(=O)c(S(=O)(=O)N(C)C)cn(-c3nccs3)c2n1. The molecule has 3 aromatic rings. The second kappa shape index (κ2) is 7.51. The summed E-state index contributed by atoms with van der Waals surface area (Å²) in [6.07, 6.45) is 6.24. The molecule has 0 radical (unpaired) electrons. The minimum Gasteiger partial charge on any atom is -0.354 e. The lowest BCUT2D eigenvalue weighted by atomic mass is 10.1. The summed E-state index contributed by atoms with van der Waals surface area (Å²) in [6.45, 7) is 3.08. The van der Waals surface area contributed by atoms with Crippen molar-refractivity contribution in [1.29, 1.82) is 0 Å². The molecule has 1 atom stereocenters. The van der Waals surface area contributed by atoms with Gasteiger partial charge in [0.2, 0.25) is 15.5 Å². The molecule has 0 amide bonds. The molecule has 3 aromatic heterocycles. The monoisotopic (exact) mass is 433 g/mol. The van der Waals surface area contributed by atoms with Crippen LogP contribution in [0.2, 0.25) is 0 Å². The zero-order valence-corrected chi connectivity index (χ0v) is 18.2. The van der Waals surface area contributed by atoms with E-state index >= 15 is 0 Å². The number of pyridine rings is 2. The van der Waals surface area contributed by atoms with E-state index in [9.17, 15) is 13.2 Å². The van der Waals surface area contributed by atoms with Crippen molar-refractivity contribution in [2.45, 2.75) is 37.1 Å². The Morgan fingerprint density at radius 1 is 1.31 bits per heavy atom. The number of fused-ring (bicyclic) bond motifs is 1. The second-order valence-electron chi connectivity index (χ2n) is 7.23. The van der Waals surface area contributed by atoms with Crippen molar-refractivity contribution in [2.24, 2.45) is 0 Å². The van der Waals surface area contributed by atoms with Crippen molar-refractivity contribution < 1.29 is 8.42 Å². The first-order valence-electron chi connectivity index (χ1n) is 9.50. The van der Waals surface area contributed by atoms with Gasteiger partial charge in [0.15, 0.2) is 10.8 Å². The van der Waals surface area contributed by atoms with Crippen LogP contribution in [-0.2, 0) is 10.0 Å². The summed E-state index contributed by atoms with van der Waals surface area (Å²) in [5.41, 5.74) is -0.129. The molecule has 154 valence electrons. The molecule has 0 aliphatic carbocycles. The first-order chi connectivity index (χ1) is 13.8. The molecular weight excluding hydrogens is 410 g/mol. The van der Waals surface area contributed by atoms with Crippen LogP contribution < -0.4 is 10.3 Å². The molecule has 0 aromatic carbocycles. The molecule has 1 aliphatic rings. The number of thiazole rings is 1. The van der Waals surface area contributed by atoms with Gasteiger partial charge in [-0.3, -0.25) is 9.36 Å². The van der Waals surface area contributed by atoms with Gasteiger partial charge >= 0.3 is 0 Å². The van der Waals surface area contributed by atoms with E-state index in [1.807, 2.05) is 6.07 Å². The van der Waals surface area contributed by atoms with Gasteiger partial charge in [-0.15, -0.1) is 11.3 Å². The van der Waals surface area contributed by atoms with Crippen molar-refractivity contribution in [3.05, 3.63) is 40.1 Å². The largest absolute Gasteiger partial charge is 0.354 e. The number of rotatable bonds is 5. The molecule has 4 rings (SSSR count). The fraction of sp³-hybridized carbons (Fsp3) is 0.421. The van der Waals surface area contributed by atoms with Crippen LogP contribution in [0.3, 0.4) is 0 Å². The summed E-state index contributed by atoms with van der Waals surface area (Å²) < 4.78 is 28.1. The van der Waals surface area contributed by atoms with Crippen molar-refractivity contribution >= 4 is 38.2 Å². The average molecular weight is 434 g/mol. The lowest BCUT2D eigenvalue weighted by molar-refractivity contribution is 0.519. The van der Waals surface area contributed by atoms with Crippen LogP contribution in [-0.4, -0.2) is 53.9 Å². The molecule has 29 heavy (non-hydrogen) atoms. The number of hydrogen-bond acceptors (Lipinski definition) is 7. The van der Waals surface area contributed by atoms with Gasteiger partial charge < -0.3 is 4.90 Å². The highest BCUT2D eigenvalue weighted by Crippen LogP contribution is 2.28. The Morgan fingerprint density at radius 3 is 2.76 bits per heavy atom. The molecular formula is C19H23N5O3S2. The molecule has 10 heteroatoms. The minimum absolute atomic E-state index is 0.263. The van der Waals surface area contributed by atoms with Gasteiger partial charge in [0.1, 0.15) is 10.7 Å². The Hall–Kier alpha value is -2.30. The van der Waals surface area contributed by atoms with Crippen molar-refractivity contribution in [3.8, 4) is 5.13 Å². The van der Waals surface area contributed by atoms with E-state index in [1.165, 1.54) is 31.6 Å². The zero-order valence-electron chi connectivity index (χ0n) is 16.6. The Labute approximate surface area is 173 Å². The van der Waals surface area contributed by atoms with Crippen molar-refractivity contribution in [3.63, 3.8) is 0 Å². The molecule has 1 aliphatic heterocycles. The summed E-state index contributed by atoms with van der Waals surface area (Å²) in [5, 5.41) is 2.62. The van der Waals surface area contributed by atoms with Crippen LogP contribution in [0.5, 0.6) is 0 Å². The maximum absolute atomic E-state index is 13.1. The highest BCUT2D eigenvalue weighted by atomic mass is 32.2. The topological polar surface area (TPSA) is 88.4 Å². The number of sulfonamides is 1. The lowest BCUT2D eigenvalue weighted by Crippen LogP contribution is -2.30. The molecule has 0 N–H and O–H groups in total. The third-order valence-corrected chi connectivity index (χ3v) is 7.91. The average Bonchev–Trinajstić information content (AvgIpc) is 3.39. The summed E-state index contributed by atoms with van der Waals surface area (Å²) in [7, 11) is -1.09. The predicted molar refractivity (Wildman–Crippen MR) is 115 cm³/mol. The predicted octanol–water partition coefficient (Wildman–Crippen LogP) is 2.47. The van der Waals surface area contributed by atoms with Gasteiger partial charge in [-0.05, 0) is 31.4 Å². The third-order valence-electron chi connectivity index (χ3n) is 5.33. The number of anilines is 1. The van der Waals surface area contributed by atoms with E-state index in [1.54, 1.807) is 22.2 Å². The maximum Gasteiger partial charge on any atom is 0.247 e. The van der Waals surface area contributed by atoms with Crippen LogP contribution >= 0.6 is 11.3 Å². The van der Waals surface area contributed by atoms with Crippen LogP contribution in [0.4, 0.5) is 5.82 Å². The van der Waals surface area contributed by atoms with E-state index in [0.717, 1.165) is 35.9 Å². The van der Waals surface area contributed by atoms with E-state index in [-0.39, 0.29) is 10.3 Å². The molecule has 8 nitrogen and oxygen atoms in total. The smallest absolute Gasteiger partial charge is 0.247 e. The summed E-state index contributed by atoms with van der Waals surface area (Å²) in [4.78, 5) is 24.1. The molecule has 1 fully saturated rings. The number of aromatic nitrogens is 3. The van der Waals surface area contributed by atoms with E-state index in [0.29, 0.717) is 16.8 Å².